The number of carbonyl (C=O) groups excluding carboxylic acids is 3. The first-order valence-corrected chi connectivity index (χ1v) is 10.1. The predicted molar refractivity (Wildman–Crippen MR) is 116 cm³/mol. The Bertz CT molecular complexity index is 987. The van der Waals surface area contributed by atoms with Crippen LogP contribution >= 0.6 is 15.9 Å². The maximum Gasteiger partial charge on any atom is 0.269 e. The number of benzene rings is 2. The third-order valence-electron chi connectivity index (χ3n) is 4.87. The number of para-hydroxylation sites is 1. The standard InChI is InChI=1S/C21H22BrN3O6/c1-29-16-8-12(9-17(30-2)19(16)31-3)20(27)23-24-21(28)13-10-18(26)25(11-13)15-7-5-4-6-14(15)22/h4-9,13H,10-11H2,1-3H3,(H,23,27)(H,24,28). The lowest BCUT2D eigenvalue weighted by molar-refractivity contribution is -0.126. The van der Waals surface area contributed by atoms with Gasteiger partial charge in [0.1, 0.15) is 0 Å². The minimum atomic E-state index is -0.597. The first-order chi connectivity index (χ1) is 14.9. The molecule has 2 aromatic rings. The summed E-state index contributed by atoms with van der Waals surface area (Å²) in [5.41, 5.74) is 5.66. The second-order valence-corrected chi connectivity index (χ2v) is 7.57. The van der Waals surface area contributed by atoms with E-state index in [0.717, 1.165) is 4.47 Å². The summed E-state index contributed by atoms with van der Waals surface area (Å²) in [5.74, 6) is -0.819. The smallest absolute Gasteiger partial charge is 0.269 e. The highest BCUT2D eigenvalue weighted by Crippen LogP contribution is 2.38. The monoisotopic (exact) mass is 491 g/mol. The molecule has 10 heteroatoms. The van der Waals surface area contributed by atoms with E-state index in [1.54, 1.807) is 11.0 Å². The second-order valence-electron chi connectivity index (χ2n) is 6.71. The van der Waals surface area contributed by atoms with Crippen molar-refractivity contribution in [3.63, 3.8) is 0 Å². The summed E-state index contributed by atoms with van der Waals surface area (Å²) in [4.78, 5) is 39.0. The van der Waals surface area contributed by atoms with E-state index in [1.165, 1.54) is 33.5 Å². The number of nitrogens with zero attached hydrogens (tertiary/aromatic N) is 1. The Kier molecular flexibility index (Phi) is 7.01. The number of amides is 3. The van der Waals surface area contributed by atoms with Gasteiger partial charge in [0, 0.05) is 23.0 Å². The van der Waals surface area contributed by atoms with E-state index >= 15 is 0 Å². The molecule has 164 valence electrons. The Balaban J connectivity index is 1.65. The van der Waals surface area contributed by atoms with Crippen molar-refractivity contribution in [3.8, 4) is 17.2 Å². The zero-order valence-corrected chi connectivity index (χ0v) is 18.8. The third kappa shape index (κ3) is 4.74. The highest BCUT2D eigenvalue weighted by Gasteiger charge is 2.36. The molecule has 1 unspecified atom stereocenters. The van der Waals surface area contributed by atoms with Crippen molar-refractivity contribution in [2.45, 2.75) is 6.42 Å². The van der Waals surface area contributed by atoms with Crippen molar-refractivity contribution in [2.75, 3.05) is 32.8 Å². The van der Waals surface area contributed by atoms with Crippen LogP contribution in [0.25, 0.3) is 0 Å². The van der Waals surface area contributed by atoms with Crippen molar-refractivity contribution < 1.29 is 28.6 Å². The van der Waals surface area contributed by atoms with Gasteiger partial charge in [-0.3, -0.25) is 25.2 Å². The minimum Gasteiger partial charge on any atom is -0.493 e. The van der Waals surface area contributed by atoms with Gasteiger partial charge in [-0.05, 0) is 40.2 Å². The number of halogens is 1. The molecule has 0 bridgehead atoms. The van der Waals surface area contributed by atoms with Gasteiger partial charge in [-0.25, -0.2) is 0 Å². The fourth-order valence-electron chi connectivity index (χ4n) is 3.29. The highest BCUT2D eigenvalue weighted by molar-refractivity contribution is 9.10. The van der Waals surface area contributed by atoms with Crippen LogP contribution in [0.1, 0.15) is 16.8 Å². The van der Waals surface area contributed by atoms with E-state index in [1.807, 2.05) is 18.2 Å². The lowest BCUT2D eigenvalue weighted by Crippen LogP contribution is -2.45. The molecule has 0 spiro atoms. The number of rotatable bonds is 6. The van der Waals surface area contributed by atoms with E-state index in [9.17, 15) is 14.4 Å². The summed E-state index contributed by atoms with van der Waals surface area (Å²) < 4.78 is 16.5. The van der Waals surface area contributed by atoms with Crippen LogP contribution in [-0.2, 0) is 9.59 Å². The Morgan fingerprint density at radius 3 is 2.26 bits per heavy atom. The van der Waals surface area contributed by atoms with E-state index in [2.05, 4.69) is 26.8 Å². The zero-order chi connectivity index (χ0) is 22.5. The second kappa shape index (κ2) is 9.69. The minimum absolute atomic E-state index is 0.0488. The maximum absolute atomic E-state index is 12.5. The lowest BCUT2D eigenvalue weighted by Gasteiger charge is -2.18. The number of ether oxygens (including phenoxy) is 3. The van der Waals surface area contributed by atoms with Crippen LogP contribution in [0, 0.1) is 5.92 Å². The molecular formula is C21H22BrN3O6. The molecule has 9 nitrogen and oxygen atoms in total. The number of hydrogen-bond donors (Lipinski definition) is 2. The Morgan fingerprint density at radius 1 is 1.03 bits per heavy atom. The van der Waals surface area contributed by atoms with Crippen LogP contribution in [-0.4, -0.2) is 45.6 Å². The van der Waals surface area contributed by atoms with Crippen LogP contribution in [0.15, 0.2) is 40.9 Å². The number of hydrogen-bond acceptors (Lipinski definition) is 6. The number of anilines is 1. The third-order valence-corrected chi connectivity index (χ3v) is 5.54. The Hall–Kier alpha value is -3.27. The van der Waals surface area contributed by atoms with Gasteiger partial charge in [0.05, 0.1) is 32.9 Å². The van der Waals surface area contributed by atoms with Gasteiger partial charge in [0.25, 0.3) is 5.91 Å². The fourth-order valence-corrected chi connectivity index (χ4v) is 3.79. The summed E-state index contributed by atoms with van der Waals surface area (Å²) in [6.07, 6.45) is 0.0488. The molecule has 1 atom stereocenters. The summed E-state index contributed by atoms with van der Waals surface area (Å²) in [6, 6.07) is 10.2. The van der Waals surface area contributed by atoms with Gasteiger partial charge in [-0.15, -0.1) is 0 Å². The molecule has 1 aliphatic heterocycles. The molecule has 3 rings (SSSR count). The topological polar surface area (TPSA) is 106 Å². The molecule has 1 heterocycles. The Labute approximate surface area is 187 Å². The average Bonchev–Trinajstić information content (AvgIpc) is 3.17. The van der Waals surface area contributed by atoms with E-state index in [4.69, 9.17) is 14.2 Å². The van der Waals surface area contributed by atoms with E-state index in [0.29, 0.717) is 22.9 Å². The molecule has 31 heavy (non-hydrogen) atoms. The molecule has 0 aliphatic carbocycles. The number of carbonyl (C=O) groups is 3. The fraction of sp³-hybridized carbons (Fsp3) is 0.286. The molecule has 0 radical (unpaired) electrons. The number of methoxy groups -OCH3 is 3. The van der Waals surface area contributed by atoms with Gasteiger partial charge < -0.3 is 19.1 Å². The summed E-state index contributed by atoms with van der Waals surface area (Å²) in [7, 11) is 4.34. The van der Waals surface area contributed by atoms with Crippen molar-refractivity contribution in [1.29, 1.82) is 0 Å². The summed E-state index contributed by atoms with van der Waals surface area (Å²) in [5, 5.41) is 0. The Morgan fingerprint density at radius 2 is 1.68 bits per heavy atom. The van der Waals surface area contributed by atoms with Crippen molar-refractivity contribution in [3.05, 3.63) is 46.4 Å². The molecule has 1 fully saturated rings. The average molecular weight is 492 g/mol. The van der Waals surface area contributed by atoms with Gasteiger partial charge in [0.15, 0.2) is 11.5 Å². The van der Waals surface area contributed by atoms with Gasteiger partial charge in [-0.2, -0.15) is 0 Å². The van der Waals surface area contributed by atoms with Crippen LogP contribution in [0.3, 0.4) is 0 Å². The van der Waals surface area contributed by atoms with Crippen LogP contribution < -0.4 is 30.0 Å². The molecular weight excluding hydrogens is 470 g/mol. The molecule has 1 aliphatic rings. The number of hydrazine groups is 1. The quantitative estimate of drug-likeness (QED) is 0.600. The molecule has 3 amide bonds. The van der Waals surface area contributed by atoms with Gasteiger partial charge in [0.2, 0.25) is 17.6 Å². The number of nitrogens with one attached hydrogen (secondary N) is 2. The van der Waals surface area contributed by atoms with Crippen molar-refractivity contribution in [1.82, 2.24) is 10.9 Å². The van der Waals surface area contributed by atoms with Crippen LogP contribution in [0.4, 0.5) is 5.69 Å². The molecule has 0 saturated carbocycles. The molecule has 1 saturated heterocycles. The first-order valence-electron chi connectivity index (χ1n) is 9.34. The maximum atomic E-state index is 12.5. The van der Waals surface area contributed by atoms with Crippen molar-refractivity contribution >= 4 is 39.3 Å². The van der Waals surface area contributed by atoms with E-state index < -0.39 is 17.7 Å². The molecule has 2 aromatic carbocycles. The SMILES string of the molecule is COc1cc(C(=O)NNC(=O)C2CC(=O)N(c3ccccc3Br)C2)cc(OC)c1OC. The van der Waals surface area contributed by atoms with E-state index in [-0.39, 0.29) is 24.4 Å². The summed E-state index contributed by atoms with van der Waals surface area (Å²) in [6.45, 7) is 0.216. The molecule has 0 aromatic heterocycles. The predicted octanol–water partition coefficient (Wildman–Crippen LogP) is 2.29. The summed E-state index contributed by atoms with van der Waals surface area (Å²) >= 11 is 3.42. The van der Waals surface area contributed by atoms with Crippen LogP contribution in [0.2, 0.25) is 0 Å². The lowest BCUT2D eigenvalue weighted by atomic mass is 10.1. The van der Waals surface area contributed by atoms with Gasteiger partial charge >= 0.3 is 0 Å². The van der Waals surface area contributed by atoms with Gasteiger partial charge in [-0.1, -0.05) is 12.1 Å². The largest absolute Gasteiger partial charge is 0.493 e. The molecule has 2 N–H and O–H groups in total. The van der Waals surface area contributed by atoms with Crippen molar-refractivity contribution in [2.24, 2.45) is 5.92 Å². The zero-order valence-electron chi connectivity index (χ0n) is 17.2. The normalized spacial score (nSPS) is 15.4. The highest BCUT2D eigenvalue weighted by atomic mass is 79.9. The van der Waals surface area contributed by atoms with Crippen LogP contribution in [0.5, 0.6) is 17.2 Å². The first kappa shape index (κ1) is 22.4.